The van der Waals surface area contributed by atoms with Gasteiger partial charge in [0.25, 0.3) is 0 Å². The van der Waals surface area contributed by atoms with Gasteiger partial charge in [-0.2, -0.15) is 0 Å². The Hall–Kier alpha value is -2.22. The maximum Gasteiger partial charge on any atom is 0.412 e. The van der Waals surface area contributed by atoms with Crippen molar-refractivity contribution >= 4 is 40.0 Å². The highest BCUT2D eigenvalue weighted by Gasteiger charge is 2.28. The van der Waals surface area contributed by atoms with E-state index in [0.717, 1.165) is 0 Å². The molecule has 3 amide bonds. The molecule has 1 aromatic heterocycles. The molecule has 7 nitrogen and oxygen atoms in total. The molecule has 2 rings (SSSR count). The Morgan fingerprint density at radius 3 is 2.41 bits per heavy atom. The van der Waals surface area contributed by atoms with Crippen molar-refractivity contribution in [2.24, 2.45) is 11.8 Å². The molecule has 0 bridgehead atoms. The molecular formula is C19H28N2O5S. The molecule has 1 fully saturated rings. The second-order valence-electron chi connectivity index (χ2n) is 7.65. The van der Waals surface area contributed by atoms with Crippen LogP contribution in [0.2, 0.25) is 0 Å². The Labute approximate surface area is 163 Å². The monoisotopic (exact) mass is 396 g/mol. The lowest BCUT2D eigenvalue weighted by molar-refractivity contribution is -0.137. The predicted molar refractivity (Wildman–Crippen MR) is 105 cm³/mol. The zero-order valence-electron chi connectivity index (χ0n) is 16.7. The molecule has 0 saturated carbocycles. The number of ether oxygens (including phenoxy) is 1. The molecule has 0 spiro atoms. The van der Waals surface area contributed by atoms with E-state index in [-0.39, 0.29) is 23.5 Å². The summed E-state index contributed by atoms with van der Waals surface area (Å²) < 4.78 is 5.09. The van der Waals surface area contributed by atoms with E-state index in [1.807, 2.05) is 13.8 Å². The molecule has 8 heteroatoms. The summed E-state index contributed by atoms with van der Waals surface area (Å²) in [7, 11) is 0. The Morgan fingerprint density at radius 2 is 1.93 bits per heavy atom. The van der Waals surface area contributed by atoms with Crippen molar-refractivity contribution in [1.29, 1.82) is 0 Å². The lowest BCUT2D eigenvalue weighted by Crippen LogP contribution is -2.42. The normalized spacial score (nSPS) is 16.9. The van der Waals surface area contributed by atoms with E-state index in [9.17, 15) is 19.2 Å². The van der Waals surface area contributed by atoms with E-state index >= 15 is 0 Å². The van der Waals surface area contributed by atoms with Crippen molar-refractivity contribution < 1.29 is 23.9 Å². The van der Waals surface area contributed by atoms with E-state index in [2.05, 4.69) is 10.6 Å². The largest absolute Gasteiger partial charge is 0.444 e. The highest BCUT2D eigenvalue weighted by molar-refractivity contribution is 7.14. The standard InChI is InChI=1S/C11H15NO3S.C8H13NO2/c1-7(13)8-5-6-16-9(8)12-10(14)15-11(2,3)4;1-5(2)6-3-4-7(10)9-8(6)11/h5-6H,1-4H3,(H,12,14);5-6H,3-4H2,1-2H3,(H,9,10,11). The summed E-state index contributed by atoms with van der Waals surface area (Å²) in [5, 5.41) is 7.18. The number of ketones is 1. The van der Waals surface area contributed by atoms with Crippen molar-refractivity contribution in [3.05, 3.63) is 17.0 Å². The van der Waals surface area contributed by atoms with Crippen LogP contribution in [0, 0.1) is 11.8 Å². The number of thiophene rings is 1. The minimum Gasteiger partial charge on any atom is -0.444 e. The van der Waals surface area contributed by atoms with Gasteiger partial charge < -0.3 is 4.74 Å². The number of amides is 3. The first-order valence-electron chi connectivity index (χ1n) is 8.83. The SMILES string of the molecule is CC(=O)c1ccsc1NC(=O)OC(C)(C)C.CC(C)C1CCC(=O)NC1=O. The molecule has 1 unspecified atom stereocenters. The fraction of sp³-hybridized carbons (Fsp3) is 0.579. The van der Waals surface area contributed by atoms with Gasteiger partial charge in [0.1, 0.15) is 10.6 Å². The van der Waals surface area contributed by atoms with Crippen molar-refractivity contribution in [2.45, 2.75) is 60.0 Å². The number of imide groups is 1. The first kappa shape index (κ1) is 22.8. The van der Waals surface area contributed by atoms with Crippen LogP contribution in [0.15, 0.2) is 11.4 Å². The van der Waals surface area contributed by atoms with E-state index in [1.165, 1.54) is 18.3 Å². The molecular weight excluding hydrogens is 368 g/mol. The average Bonchev–Trinajstić information content (AvgIpc) is 2.93. The van der Waals surface area contributed by atoms with Crippen LogP contribution in [0.4, 0.5) is 9.80 Å². The first-order chi connectivity index (χ1) is 12.4. The number of piperidine rings is 1. The van der Waals surface area contributed by atoms with Crippen LogP contribution in [-0.2, 0) is 14.3 Å². The summed E-state index contributed by atoms with van der Waals surface area (Å²) in [6.45, 7) is 10.8. The topological polar surface area (TPSA) is 102 Å². The zero-order valence-corrected chi connectivity index (χ0v) is 17.5. The zero-order chi connectivity index (χ0) is 20.8. The van der Waals surface area contributed by atoms with Crippen LogP contribution in [0.5, 0.6) is 0 Å². The van der Waals surface area contributed by atoms with Gasteiger partial charge in [0.15, 0.2) is 5.78 Å². The minimum absolute atomic E-state index is 0.0349. The van der Waals surface area contributed by atoms with Gasteiger partial charge in [-0.15, -0.1) is 11.3 Å². The predicted octanol–water partition coefficient (Wildman–Crippen LogP) is 3.99. The molecule has 1 saturated heterocycles. The van der Waals surface area contributed by atoms with Gasteiger partial charge in [-0.05, 0) is 51.5 Å². The van der Waals surface area contributed by atoms with Crippen molar-refractivity contribution in [3.8, 4) is 0 Å². The van der Waals surface area contributed by atoms with Gasteiger partial charge in [0, 0.05) is 12.3 Å². The maximum atomic E-state index is 11.5. The maximum absolute atomic E-state index is 11.5. The highest BCUT2D eigenvalue weighted by Crippen LogP contribution is 2.24. The van der Waals surface area contributed by atoms with Crippen molar-refractivity contribution in [1.82, 2.24) is 5.32 Å². The molecule has 2 heterocycles. The smallest absolute Gasteiger partial charge is 0.412 e. The first-order valence-corrected chi connectivity index (χ1v) is 9.70. The number of rotatable bonds is 3. The van der Waals surface area contributed by atoms with Crippen LogP contribution >= 0.6 is 11.3 Å². The molecule has 0 radical (unpaired) electrons. The molecule has 1 atom stereocenters. The van der Waals surface area contributed by atoms with Gasteiger partial charge in [-0.1, -0.05) is 13.8 Å². The number of nitrogens with one attached hydrogen (secondary N) is 2. The summed E-state index contributed by atoms with van der Waals surface area (Å²) in [6, 6.07) is 1.68. The Bertz CT molecular complexity index is 703. The third kappa shape index (κ3) is 7.90. The Morgan fingerprint density at radius 1 is 1.30 bits per heavy atom. The third-order valence-corrected chi connectivity index (χ3v) is 4.58. The van der Waals surface area contributed by atoms with Gasteiger partial charge in [0.05, 0.1) is 5.56 Å². The van der Waals surface area contributed by atoms with E-state index in [4.69, 9.17) is 4.74 Å². The van der Waals surface area contributed by atoms with Crippen LogP contribution in [0.25, 0.3) is 0 Å². The summed E-state index contributed by atoms with van der Waals surface area (Å²) >= 11 is 1.30. The number of anilines is 1. The fourth-order valence-corrected chi connectivity index (χ4v) is 3.25. The second-order valence-corrected chi connectivity index (χ2v) is 8.56. The van der Waals surface area contributed by atoms with Crippen molar-refractivity contribution in [3.63, 3.8) is 0 Å². The summed E-state index contributed by atoms with van der Waals surface area (Å²) in [5.41, 5.74) is -0.0339. The molecule has 1 aliphatic rings. The van der Waals surface area contributed by atoms with E-state index in [0.29, 0.717) is 29.3 Å². The van der Waals surface area contributed by atoms with Crippen molar-refractivity contribution in [2.75, 3.05) is 5.32 Å². The quantitative estimate of drug-likeness (QED) is 0.594. The van der Waals surface area contributed by atoms with Gasteiger partial charge >= 0.3 is 6.09 Å². The minimum atomic E-state index is -0.544. The number of carbonyl (C=O) groups excluding carboxylic acids is 4. The van der Waals surface area contributed by atoms with E-state index in [1.54, 1.807) is 32.2 Å². The van der Waals surface area contributed by atoms with Gasteiger partial charge in [-0.3, -0.25) is 25.0 Å². The second kappa shape index (κ2) is 9.64. The van der Waals surface area contributed by atoms with Crippen LogP contribution < -0.4 is 10.6 Å². The summed E-state index contributed by atoms with van der Waals surface area (Å²) in [5.74, 6) is 0.0614. The molecule has 1 aromatic rings. The molecule has 150 valence electrons. The van der Waals surface area contributed by atoms with Gasteiger partial charge in [-0.25, -0.2) is 4.79 Å². The lowest BCUT2D eigenvalue weighted by Gasteiger charge is -2.23. The molecule has 2 N–H and O–H groups in total. The highest BCUT2D eigenvalue weighted by atomic mass is 32.1. The summed E-state index contributed by atoms with van der Waals surface area (Å²) in [6.07, 6.45) is 0.661. The number of hydrogen-bond acceptors (Lipinski definition) is 6. The lowest BCUT2D eigenvalue weighted by atomic mass is 9.88. The average molecular weight is 397 g/mol. The summed E-state index contributed by atoms with van der Waals surface area (Å²) in [4.78, 5) is 44.5. The molecule has 0 aliphatic carbocycles. The fourth-order valence-electron chi connectivity index (χ4n) is 2.43. The van der Waals surface area contributed by atoms with Crippen LogP contribution in [0.3, 0.4) is 0 Å². The molecule has 0 aromatic carbocycles. The van der Waals surface area contributed by atoms with Gasteiger partial charge in [0.2, 0.25) is 11.8 Å². The van der Waals surface area contributed by atoms with Crippen LogP contribution in [-0.4, -0.2) is 29.3 Å². The number of Topliss-reactive ketones (excluding diaryl/α,β-unsaturated/α-hetero) is 1. The molecule has 27 heavy (non-hydrogen) atoms. The molecule has 1 aliphatic heterocycles. The Kier molecular flexibility index (Phi) is 8.15. The Balaban J connectivity index is 0.000000289. The third-order valence-electron chi connectivity index (χ3n) is 3.75. The number of carbonyl (C=O) groups is 4. The van der Waals surface area contributed by atoms with Crippen LogP contribution in [0.1, 0.15) is 64.7 Å². The van der Waals surface area contributed by atoms with E-state index < -0.39 is 11.7 Å². The number of hydrogen-bond donors (Lipinski definition) is 2.